The van der Waals surface area contributed by atoms with Crippen LogP contribution in [0.5, 0.6) is 0 Å². The first-order valence-electron chi connectivity index (χ1n) is 1.12. The predicted molar refractivity (Wildman–Crippen MR) is 22.0 cm³/mol. The molecule has 0 atom stereocenters. The minimum Gasteiger partial charge on any atom is -0.0915 e. The van der Waals surface area contributed by atoms with Crippen molar-refractivity contribution in [2.24, 2.45) is 0 Å². The molecule has 0 aliphatic carbocycles. The minimum absolute atomic E-state index is 0. The predicted octanol–water partition coefficient (Wildman–Crippen LogP) is 0.212. The first-order chi connectivity index (χ1) is 1.41. The van der Waals surface area contributed by atoms with Crippen molar-refractivity contribution in [1.29, 1.82) is 0 Å². The van der Waals surface area contributed by atoms with Crippen LogP contribution in [0.4, 0.5) is 0 Å². The topological polar surface area (TPSA) is 0 Å². The summed E-state index contributed by atoms with van der Waals surface area (Å²) in [4.78, 5) is 0. The second kappa shape index (κ2) is 9.39. The second-order valence-electron chi connectivity index (χ2n) is 0.408. The molecule has 0 saturated heterocycles. The molecule has 0 aromatic rings. The third-order valence-corrected chi connectivity index (χ3v) is 0. The van der Waals surface area contributed by atoms with Crippen molar-refractivity contribution in [1.82, 2.24) is 0 Å². The molecule has 0 amide bonds. The molecule has 0 N–H and O–H groups in total. The molecular formula is C2H5BLi. The maximum Gasteiger partial charge on any atom is 0.0649 e. The Balaban J connectivity index is 0. The summed E-state index contributed by atoms with van der Waals surface area (Å²) in [7, 11) is 4.85. The van der Waals surface area contributed by atoms with Gasteiger partial charge in [-0.2, -0.15) is 0 Å². The van der Waals surface area contributed by atoms with Crippen LogP contribution in [0, 0.1) is 0 Å². The molecule has 0 saturated carbocycles. The van der Waals surface area contributed by atoms with Gasteiger partial charge in [0.2, 0.25) is 0 Å². The molecular weight excluding hydrogens is 41.8 g/mol. The van der Waals surface area contributed by atoms with Crippen LogP contribution < -0.4 is 0 Å². The van der Waals surface area contributed by atoms with E-state index in [4.69, 9.17) is 7.85 Å². The van der Waals surface area contributed by atoms with E-state index in [1.165, 1.54) is 0 Å². The molecule has 0 aliphatic rings. The number of hydrogen-bond donors (Lipinski definition) is 0. The molecule has 0 rings (SSSR count). The summed E-state index contributed by atoms with van der Waals surface area (Å²) in [5.41, 5.74) is 0. The van der Waals surface area contributed by atoms with Gasteiger partial charge in [-0.05, 0) is 0 Å². The van der Waals surface area contributed by atoms with E-state index in [2.05, 4.69) is 0 Å². The molecule has 0 nitrogen and oxygen atoms in total. The Morgan fingerprint density at radius 2 is 1.75 bits per heavy atom. The Morgan fingerprint density at radius 3 is 1.75 bits per heavy atom. The van der Waals surface area contributed by atoms with Crippen LogP contribution in [-0.2, 0) is 0 Å². The van der Waals surface area contributed by atoms with Crippen LogP contribution in [0.2, 0.25) is 6.32 Å². The summed E-state index contributed by atoms with van der Waals surface area (Å²) in [6.07, 6.45) is 0.750. The fraction of sp³-hybridized carbons (Fsp3) is 1.00. The Bertz CT molecular complexity index is 6.00. The van der Waals surface area contributed by atoms with Crippen LogP contribution in [0.15, 0.2) is 0 Å². The molecule has 4 heavy (non-hydrogen) atoms. The molecule has 0 bridgehead atoms. The van der Waals surface area contributed by atoms with Crippen molar-refractivity contribution in [3.8, 4) is 0 Å². The van der Waals surface area contributed by atoms with Crippen molar-refractivity contribution in [2.75, 3.05) is 0 Å². The maximum atomic E-state index is 4.85. The van der Waals surface area contributed by atoms with E-state index in [0.29, 0.717) is 0 Å². The zero-order valence-electron chi connectivity index (χ0n) is 3.28. The minimum atomic E-state index is 0. The molecule has 0 aliphatic heterocycles. The van der Waals surface area contributed by atoms with Crippen LogP contribution >= 0.6 is 0 Å². The summed E-state index contributed by atoms with van der Waals surface area (Å²) < 4.78 is 0. The van der Waals surface area contributed by atoms with Gasteiger partial charge in [0.05, 0.1) is 7.85 Å². The summed E-state index contributed by atoms with van der Waals surface area (Å²) >= 11 is 0. The zero-order valence-corrected chi connectivity index (χ0v) is 3.28. The van der Waals surface area contributed by atoms with Crippen LogP contribution in [0.25, 0.3) is 0 Å². The number of rotatable bonds is 0. The van der Waals surface area contributed by atoms with Crippen LogP contribution in [-0.4, -0.2) is 26.7 Å². The van der Waals surface area contributed by atoms with E-state index in [1.807, 2.05) is 6.92 Å². The molecule has 17 valence electrons. The average Bonchev–Trinajstić information content (AvgIpc) is 0.918. The zero-order chi connectivity index (χ0) is 2.71. The average molecular weight is 46.8 g/mol. The van der Waals surface area contributed by atoms with Crippen LogP contribution in [0.1, 0.15) is 6.92 Å². The van der Waals surface area contributed by atoms with Gasteiger partial charge in [0.1, 0.15) is 0 Å². The third-order valence-electron chi connectivity index (χ3n) is 0. The molecule has 0 fully saturated rings. The van der Waals surface area contributed by atoms with Crippen molar-refractivity contribution in [3.05, 3.63) is 0 Å². The largest absolute Gasteiger partial charge is 0.0915 e. The van der Waals surface area contributed by atoms with Crippen molar-refractivity contribution in [3.63, 3.8) is 0 Å². The standard InChI is InChI=1S/C2H5B.Li/c1-2-3;/h2H2,1H3;. The van der Waals surface area contributed by atoms with Gasteiger partial charge in [0.15, 0.2) is 0 Å². The summed E-state index contributed by atoms with van der Waals surface area (Å²) in [6, 6.07) is 0. The van der Waals surface area contributed by atoms with Gasteiger partial charge < -0.3 is 0 Å². The molecule has 3 radical (unpaired) electrons. The van der Waals surface area contributed by atoms with Gasteiger partial charge in [-0.15, -0.1) is 0 Å². The third kappa shape index (κ3) is 16.8. The first-order valence-corrected chi connectivity index (χ1v) is 1.12. The van der Waals surface area contributed by atoms with E-state index in [-0.39, 0.29) is 18.9 Å². The van der Waals surface area contributed by atoms with Gasteiger partial charge in [-0.3, -0.25) is 0 Å². The quantitative estimate of drug-likeness (QED) is 0.342. The molecule has 0 spiro atoms. The Kier molecular flexibility index (Phi) is 20.7. The van der Waals surface area contributed by atoms with Gasteiger partial charge >= 0.3 is 0 Å². The molecule has 2 heteroatoms. The summed E-state index contributed by atoms with van der Waals surface area (Å²) in [5.74, 6) is 0. The Morgan fingerprint density at radius 1 is 1.75 bits per heavy atom. The normalized spacial score (nSPS) is 4.25. The fourth-order valence-electron chi connectivity index (χ4n) is 0. The fourth-order valence-corrected chi connectivity index (χ4v) is 0. The molecule has 0 aromatic carbocycles. The van der Waals surface area contributed by atoms with Crippen molar-refractivity contribution >= 4 is 26.7 Å². The smallest absolute Gasteiger partial charge is 0.0649 e. The van der Waals surface area contributed by atoms with Gasteiger partial charge in [-0.25, -0.2) is 0 Å². The van der Waals surface area contributed by atoms with Crippen molar-refractivity contribution in [2.45, 2.75) is 13.2 Å². The Labute approximate surface area is 40.6 Å². The van der Waals surface area contributed by atoms with Gasteiger partial charge in [0, 0.05) is 18.9 Å². The maximum absolute atomic E-state index is 4.85. The van der Waals surface area contributed by atoms with E-state index < -0.39 is 0 Å². The van der Waals surface area contributed by atoms with E-state index in [0.717, 1.165) is 6.32 Å². The van der Waals surface area contributed by atoms with E-state index in [9.17, 15) is 0 Å². The second-order valence-corrected chi connectivity index (χ2v) is 0.408. The molecule has 0 unspecified atom stereocenters. The van der Waals surface area contributed by atoms with E-state index in [1.54, 1.807) is 0 Å². The summed E-state index contributed by atoms with van der Waals surface area (Å²) in [5, 5.41) is 0. The molecule has 0 heterocycles. The molecule has 0 aromatic heterocycles. The Hall–Kier alpha value is 0.662. The monoisotopic (exact) mass is 47.1 g/mol. The van der Waals surface area contributed by atoms with Crippen molar-refractivity contribution < 1.29 is 0 Å². The van der Waals surface area contributed by atoms with Crippen LogP contribution in [0.3, 0.4) is 0 Å². The van der Waals surface area contributed by atoms with E-state index >= 15 is 0 Å². The summed E-state index contributed by atoms with van der Waals surface area (Å²) in [6.45, 7) is 1.90. The number of hydrogen-bond acceptors (Lipinski definition) is 0. The van der Waals surface area contributed by atoms with Gasteiger partial charge in [-0.1, -0.05) is 13.2 Å². The van der Waals surface area contributed by atoms with Gasteiger partial charge in [0.25, 0.3) is 0 Å². The first kappa shape index (κ1) is 8.82. The SMILES string of the molecule is [B]CC.[Li].